The maximum atomic E-state index is 12.6. The van der Waals surface area contributed by atoms with E-state index in [0.29, 0.717) is 17.9 Å². The number of halogens is 1. The third-order valence-corrected chi connectivity index (χ3v) is 4.74. The van der Waals surface area contributed by atoms with E-state index in [4.69, 9.17) is 4.74 Å². The minimum absolute atomic E-state index is 0.196. The normalized spacial score (nSPS) is 10.3. The fraction of sp³-hybridized carbons (Fsp3) is 0.130. The number of amides is 2. The molecule has 3 aromatic carbocycles. The third kappa shape index (κ3) is 5.93. The van der Waals surface area contributed by atoms with Crippen LogP contribution in [-0.2, 0) is 11.3 Å². The minimum atomic E-state index is -0.296. The smallest absolute Gasteiger partial charge is 0.262 e. The summed E-state index contributed by atoms with van der Waals surface area (Å²) in [6.45, 7) is 2.13. The number of rotatable bonds is 7. The van der Waals surface area contributed by atoms with Gasteiger partial charge in [-0.15, -0.1) is 0 Å². The van der Waals surface area contributed by atoms with Gasteiger partial charge in [-0.1, -0.05) is 58.4 Å². The van der Waals surface area contributed by atoms with Gasteiger partial charge in [-0.25, -0.2) is 0 Å². The summed E-state index contributed by atoms with van der Waals surface area (Å²) in [4.78, 5) is 24.8. The first-order valence-electron chi connectivity index (χ1n) is 9.13. The number of aryl methyl sites for hydroxylation is 1. The van der Waals surface area contributed by atoms with Crippen molar-refractivity contribution >= 4 is 33.4 Å². The van der Waals surface area contributed by atoms with Crippen molar-refractivity contribution < 1.29 is 14.3 Å². The van der Waals surface area contributed by atoms with Crippen LogP contribution in [0.1, 0.15) is 21.5 Å². The molecule has 0 radical (unpaired) electrons. The van der Waals surface area contributed by atoms with Gasteiger partial charge >= 0.3 is 0 Å². The van der Waals surface area contributed by atoms with Crippen LogP contribution in [0.4, 0.5) is 5.69 Å². The van der Waals surface area contributed by atoms with E-state index in [0.717, 1.165) is 21.3 Å². The molecule has 3 aromatic rings. The van der Waals surface area contributed by atoms with Crippen LogP contribution in [0.15, 0.2) is 77.3 Å². The van der Waals surface area contributed by atoms with E-state index in [2.05, 4.69) is 26.6 Å². The van der Waals surface area contributed by atoms with Gasteiger partial charge in [0.1, 0.15) is 5.75 Å². The first-order chi connectivity index (χ1) is 14.0. The lowest BCUT2D eigenvalue weighted by atomic mass is 10.1. The highest BCUT2D eigenvalue weighted by molar-refractivity contribution is 9.10. The summed E-state index contributed by atoms with van der Waals surface area (Å²) in [7, 11) is 0. The average molecular weight is 453 g/mol. The molecular formula is C23H21BrN2O3. The number of hydrogen-bond acceptors (Lipinski definition) is 3. The summed E-state index contributed by atoms with van der Waals surface area (Å²) in [5, 5.41) is 5.69. The van der Waals surface area contributed by atoms with E-state index in [1.54, 1.807) is 24.3 Å². The molecule has 0 fully saturated rings. The molecule has 0 aliphatic heterocycles. The fourth-order valence-electron chi connectivity index (χ4n) is 2.75. The van der Waals surface area contributed by atoms with Crippen LogP contribution < -0.4 is 15.4 Å². The van der Waals surface area contributed by atoms with Crippen LogP contribution in [0.3, 0.4) is 0 Å². The standard InChI is InChI=1S/C23H21BrN2O3/c1-16-13-18(24)11-12-20(16)26-22(27)15-29-21-10-6-5-9-19(21)23(28)25-14-17-7-3-2-4-8-17/h2-13H,14-15H2,1H3,(H,25,28)(H,26,27). The molecular weight excluding hydrogens is 432 g/mol. The number of ether oxygens (including phenoxy) is 1. The van der Waals surface area contributed by atoms with Crippen molar-refractivity contribution in [2.75, 3.05) is 11.9 Å². The number of hydrogen-bond donors (Lipinski definition) is 2. The average Bonchev–Trinajstić information content (AvgIpc) is 2.73. The van der Waals surface area contributed by atoms with Crippen LogP contribution in [0.25, 0.3) is 0 Å². The van der Waals surface area contributed by atoms with Gasteiger partial charge in [0.25, 0.3) is 11.8 Å². The van der Waals surface area contributed by atoms with Crippen LogP contribution in [-0.4, -0.2) is 18.4 Å². The maximum Gasteiger partial charge on any atom is 0.262 e. The van der Waals surface area contributed by atoms with E-state index in [9.17, 15) is 9.59 Å². The Morgan fingerprint density at radius 2 is 1.69 bits per heavy atom. The quantitative estimate of drug-likeness (QED) is 0.545. The number of para-hydroxylation sites is 1. The number of nitrogens with one attached hydrogen (secondary N) is 2. The van der Waals surface area contributed by atoms with E-state index < -0.39 is 0 Å². The Morgan fingerprint density at radius 3 is 2.45 bits per heavy atom. The molecule has 0 aromatic heterocycles. The molecule has 29 heavy (non-hydrogen) atoms. The highest BCUT2D eigenvalue weighted by atomic mass is 79.9. The van der Waals surface area contributed by atoms with Crippen molar-refractivity contribution in [3.05, 3.63) is 94.0 Å². The molecule has 0 saturated heterocycles. The Labute approximate surface area is 178 Å². The zero-order valence-electron chi connectivity index (χ0n) is 15.9. The molecule has 0 heterocycles. The van der Waals surface area contributed by atoms with Gasteiger partial charge in [-0.3, -0.25) is 9.59 Å². The van der Waals surface area contributed by atoms with Gasteiger partial charge in [0, 0.05) is 16.7 Å². The molecule has 3 rings (SSSR count). The molecule has 2 N–H and O–H groups in total. The lowest BCUT2D eigenvalue weighted by molar-refractivity contribution is -0.118. The molecule has 0 aliphatic rings. The Bertz CT molecular complexity index is 1010. The van der Waals surface area contributed by atoms with Crippen molar-refractivity contribution in [1.29, 1.82) is 0 Å². The predicted molar refractivity (Wildman–Crippen MR) is 117 cm³/mol. The Hall–Kier alpha value is -3.12. The van der Waals surface area contributed by atoms with Crippen molar-refractivity contribution in [2.45, 2.75) is 13.5 Å². The highest BCUT2D eigenvalue weighted by Crippen LogP contribution is 2.21. The zero-order chi connectivity index (χ0) is 20.6. The van der Waals surface area contributed by atoms with Crippen molar-refractivity contribution in [2.24, 2.45) is 0 Å². The number of carbonyl (C=O) groups excluding carboxylic acids is 2. The van der Waals surface area contributed by atoms with E-state index in [1.165, 1.54) is 0 Å². The summed E-state index contributed by atoms with van der Waals surface area (Å²) in [5.74, 6) is -0.190. The molecule has 0 saturated carbocycles. The van der Waals surface area contributed by atoms with Gasteiger partial charge in [-0.2, -0.15) is 0 Å². The summed E-state index contributed by atoms with van der Waals surface area (Å²) < 4.78 is 6.57. The van der Waals surface area contributed by atoms with Gasteiger partial charge < -0.3 is 15.4 Å². The van der Waals surface area contributed by atoms with E-state index in [1.807, 2.05) is 55.5 Å². The second-order valence-electron chi connectivity index (χ2n) is 6.46. The second kappa shape index (κ2) is 9.89. The molecule has 0 aliphatic carbocycles. The van der Waals surface area contributed by atoms with Crippen LogP contribution in [0.2, 0.25) is 0 Å². The lowest BCUT2D eigenvalue weighted by Gasteiger charge is -2.13. The van der Waals surface area contributed by atoms with Crippen LogP contribution >= 0.6 is 15.9 Å². The fourth-order valence-corrected chi connectivity index (χ4v) is 3.23. The monoisotopic (exact) mass is 452 g/mol. The molecule has 0 spiro atoms. The SMILES string of the molecule is Cc1cc(Br)ccc1NC(=O)COc1ccccc1C(=O)NCc1ccccc1. The lowest BCUT2D eigenvalue weighted by Crippen LogP contribution is -2.25. The molecule has 2 amide bonds. The van der Waals surface area contributed by atoms with E-state index in [-0.39, 0.29) is 18.4 Å². The van der Waals surface area contributed by atoms with Gasteiger partial charge in [0.05, 0.1) is 5.56 Å². The van der Waals surface area contributed by atoms with Crippen molar-refractivity contribution in [3.8, 4) is 5.75 Å². The third-order valence-electron chi connectivity index (χ3n) is 4.25. The molecule has 0 atom stereocenters. The zero-order valence-corrected chi connectivity index (χ0v) is 17.5. The van der Waals surface area contributed by atoms with Crippen LogP contribution in [0, 0.1) is 6.92 Å². The topological polar surface area (TPSA) is 67.4 Å². The number of carbonyl (C=O) groups is 2. The van der Waals surface area contributed by atoms with Crippen molar-refractivity contribution in [3.63, 3.8) is 0 Å². The van der Waals surface area contributed by atoms with Gasteiger partial charge in [0.2, 0.25) is 0 Å². The molecule has 148 valence electrons. The Kier molecular flexibility index (Phi) is 7.03. The van der Waals surface area contributed by atoms with Gasteiger partial charge in [0.15, 0.2) is 6.61 Å². The predicted octanol–water partition coefficient (Wildman–Crippen LogP) is 4.71. The Balaban J connectivity index is 1.59. The maximum absolute atomic E-state index is 12.6. The molecule has 0 bridgehead atoms. The summed E-state index contributed by atoms with van der Waals surface area (Å²) in [6, 6.07) is 22.1. The first kappa shape index (κ1) is 20.6. The molecule has 6 heteroatoms. The van der Waals surface area contributed by atoms with Crippen molar-refractivity contribution in [1.82, 2.24) is 5.32 Å². The summed E-state index contributed by atoms with van der Waals surface area (Å²) in [6.07, 6.45) is 0. The number of benzene rings is 3. The second-order valence-corrected chi connectivity index (χ2v) is 7.38. The number of anilines is 1. The summed E-state index contributed by atoms with van der Waals surface area (Å²) in [5.41, 5.74) is 3.05. The largest absolute Gasteiger partial charge is 0.483 e. The Morgan fingerprint density at radius 1 is 0.966 bits per heavy atom. The van der Waals surface area contributed by atoms with E-state index >= 15 is 0 Å². The molecule has 0 unspecified atom stereocenters. The first-order valence-corrected chi connectivity index (χ1v) is 9.92. The summed E-state index contributed by atoms with van der Waals surface area (Å²) >= 11 is 3.40. The van der Waals surface area contributed by atoms with Crippen LogP contribution in [0.5, 0.6) is 5.75 Å². The highest BCUT2D eigenvalue weighted by Gasteiger charge is 2.13. The minimum Gasteiger partial charge on any atom is -0.483 e. The van der Waals surface area contributed by atoms with Gasteiger partial charge in [-0.05, 0) is 48.4 Å². The molecule has 5 nitrogen and oxygen atoms in total.